The molecule has 0 aromatic carbocycles. The van der Waals surface area contributed by atoms with E-state index >= 15 is 0 Å². The predicted molar refractivity (Wildman–Crippen MR) is 81.9 cm³/mol. The van der Waals surface area contributed by atoms with Gasteiger partial charge in [-0.15, -0.1) is 11.3 Å². The second-order valence-corrected chi connectivity index (χ2v) is 6.34. The standard InChI is InChI=1S/C15H17N3O4S/c1-9(13-16-10(2)17-22-13)21-15(20)11-5-3-7-18(11)14(19)12-6-4-8-23-12/h4,6,8-9,11H,3,5,7H2,1-2H3. The van der Waals surface area contributed by atoms with Gasteiger partial charge in [-0.3, -0.25) is 4.79 Å². The maximum Gasteiger partial charge on any atom is 0.329 e. The molecule has 2 atom stereocenters. The first-order chi connectivity index (χ1) is 11.1. The van der Waals surface area contributed by atoms with Crippen LogP contribution >= 0.6 is 11.3 Å². The number of thiophene rings is 1. The largest absolute Gasteiger partial charge is 0.451 e. The van der Waals surface area contributed by atoms with Crippen LogP contribution in [-0.4, -0.2) is 39.5 Å². The van der Waals surface area contributed by atoms with Crippen LogP contribution in [0.1, 0.15) is 47.3 Å². The molecule has 7 nitrogen and oxygen atoms in total. The molecule has 0 radical (unpaired) electrons. The molecule has 3 heterocycles. The number of ether oxygens (including phenoxy) is 1. The molecule has 1 aliphatic heterocycles. The van der Waals surface area contributed by atoms with E-state index in [2.05, 4.69) is 10.1 Å². The maximum atomic E-state index is 12.5. The Morgan fingerprint density at radius 1 is 1.52 bits per heavy atom. The number of hydrogen-bond donors (Lipinski definition) is 0. The number of rotatable bonds is 4. The van der Waals surface area contributed by atoms with Crippen molar-refractivity contribution >= 4 is 23.2 Å². The van der Waals surface area contributed by atoms with Gasteiger partial charge in [0.15, 0.2) is 11.9 Å². The first kappa shape index (κ1) is 15.7. The summed E-state index contributed by atoms with van der Waals surface area (Å²) in [5.74, 6) is 0.180. The van der Waals surface area contributed by atoms with Crippen molar-refractivity contribution < 1.29 is 18.8 Å². The van der Waals surface area contributed by atoms with E-state index < -0.39 is 18.1 Å². The Morgan fingerprint density at radius 2 is 2.35 bits per heavy atom. The van der Waals surface area contributed by atoms with Crippen molar-refractivity contribution in [1.82, 2.24) is 15.0 Å². The summed E-state index contributed by atoms with van der Waals surface area (Å²) in [6, 6.07) is 3.02. The number of likely N-dealkylation sites (tertiary alicyclic amines) is 1. The van der Waals surface area contributed by atoms with Gasteiger partial charge in [-0.2, -0.15) is 4.98 Å². The van der Waals surface area contributed by atoms with Crippen LogP contribution < -0.4 is 0 Å². The molecule has 3 rings (SSSR count). The van der Waals surface area contributed by atoms with E-state index in [-0.39, 0.29) is 11.8 Å². The summed E-state index contributed by atoms with van der Waals surface area (Å²) in [5, 5.41) is 5.52. The summed E-state index contributed by atoms with van der Waals surface area (Å²) in [4.78, 5) is 31.2. The zero-order valence-corrected chi connectivity index (χ0v) is 13.7. The lowest BCUT2D eigenvalue weighted by molar-refractivity contribution is -0.154. The van der Waals surface area contributed by atoms with Gasteiger partial charge in [-0.25, -0.2) is 4.79 Å². The summed E-state index contributed by atoms with van der Waals surface area (Å²) in [7, 11) is 0. The van der Waals surface area contributed by atoms with E-state index in [0.717, 1.165) is 6.42 Å². The van der Waals surface area contributed by atoms with Crippen molar-refractivity contribution in [2.75, 3.05) is 6.54 Å². The molecule has 1 fully saturated rings. The average Bonchev–Trinajstić information content (AvgIpc) is 3.27. The fourth-order valence-corrected chi connectivity index (χ4v) is 3.26. The van der Waals surface area contributed by atoms with Gasteiger partial charge in [0.2, 0.25) is 0 Å². The number of aryl methyl sites for hydroxylation is 1. The fraction of sp³-hybridized carbons (Fsp3) is 0.467. The summed E-state index contributed by atoms with van der Waals surface area (Å²) in [5.41, 5.74) is 0. The van der Waals surface area contributed by atoms with Crippen LogP contribution in [0.25, 0.3) is 0 Å². The molecule has 23 heavy (non-hydrogen) atoms. The minimum atomic E-state index is -0.636. The predicted octanol–water partition coefficient (Wildman–Crippen LogP) is 2.35. The molecule has 2 aromatic heterocycles. The molecule has 1 aliphatic rings. The van der Waals surface area contributed by atoms with E-state index in [1.807, 2.05) is 11.4 Å². The third-order valence-electron chi connectivity index (χ3n) is 3.70. The van der Waals surface area contributed by atoms with E-state index in [1.54, 1.807) is 24.8 Å². The lowest BCUT2D eigenvalue weighted by atomic mass is 10.2. The molecule has 2 aromatic rings. The molecular formula is C15H17N3O4S. The zero-order chi connectivity index (χ0) is 16.4. The third-order valence-corrected chi connectivity index (χ3v) is 4.56. The monoisotopic (exact) mass is 335 g/mol. The third kappa shape index (κ3) is 3.26. The number of nitrogens with zero attached hydrogens (tertiary/aromatic N) is 3. The number of carbonyl (C=O) groups is 2. The molecule has 0 spiro atoms. The molecule has 2 unspecified atom stereocenters. The Kier molecular flexibility index (Phi) is 4.42. The molecule has 0 aliphatic carbocycles. The molecule has 1 saturated heterocycles. The SMILES string of the molecule is Cc1noc(C(C)OC(=O)C2CCCN2C(=O)c2cccs2)n1. The molecule has 122 valence electrons. The highest BCUT2D eigenvalue weighted by Crippen LogP contribution is 2.25. The van der Waals surface area contributed by atoms with Crippen molar-refractivity contribution in [2.24, 2.45) is 0 Å². The van der Waals surface area contributed by atoms with E-state index in [9.17, 15) is 9.59 Å². The minimum Gasteiger partial charge on any atom is -0.451 e. The van der Waals surface area contributed by atoms with Crippen LogP contribution in [-0.2, 0) is 9.53 Å². The van der Waals surface area contributed by atoms with Crippen LogP contribution in [0, 0.1) is 6.92 Å². The lowest BCUT2D eigenvalue weighted by Crippen LogP contribution is -2.41. The summed E-state index contributed by atoms with van der Waals surface area (Å²) in [6.45, 7) is 3.93. The minimum absolute atomic E-state index is 0.124. The van der Waals surface area contributed by atoms with Gasteiger partial charge >= 0.3 is 5.97 Å². The van der Waals surface area contributed by atoms with Gasteiger partial charge in [-0.1, -0.05) is 11.2 Å². The number of carbonyl (C=O) groups excluding carboxylic acids is 2. The number of amides is 1. The normalized spacial score (nSPS) is 18.9. The highest BCUT2D eigenvalue weighted by Gasteiger charge is 2.37. The quantitative estimate of drug-likeness (QED) is 0.797. The maximum absolute atomic E-state index is 12.5. The van der Waals surface area contributed by atoms with Crippen LogP contribution in [0.4, 0.5) is 0 Å². The fourth-order valence-electron chi connectivity index (χ4n) is 2.58. The number of esters is 1. The Balaban J connectivity index is 1.67. The first-order valence-corrected chi connectivity index (χ1v) is 8.29. The van der Waals surface area contributed by atoms with Gasteiger partial charge in [0, 0.05) is 6.54 Å². The van der Waals surface area contributed by atoms with Crippen LogP contribution in [0.5, 0.6) is 0 Å². The van der Waals surface area contributed by atoms with Crippen LogP contribution in [0.3, 0.4) is 0 Å². The van der Waals surface area contributed by atoms with Gasteiger partial charge in [0.1, 0.15) is 6.04 Å². The average molecular weight is 335 g/mol. The van der Waals surface area contributed by atoms with E-state index in [0.29, 0.717) is 23.7 Å². The molecular weight excluding hydrogens is 318 g/mol. The molecule has 1 amide bonds. The van der Waals surface area contributed by atoms with E-state index in [4.69, 9.17) is 9.26 Å². The van der Waals surface area contributed by atoms with Crippen molar-refractivity contribution in [3.8, 4) is 0 Å². The Bertz CT molecular complexity index is 697. The van der Waals surface area contributed by atoms with Gasteiger partial charge in [0.05, 0.1) is 4.88 Å². The van der Waals surface area contributed by atoms with Gasteiger partial charge < -0.3 is 14.2 Å². The summed E-state index contributed by atoms with van der Waals surface area (Å²) >= 11 is 1.37. The second-order valence-electron chi connectivity index (χ2n) is 5.39. The molecule has 8 heteroatoms. The second kappa shape index (κ2) is 6.49. The smallest absolute Gasteiger partial charge is 0.329 e. The van der Waals surface area contributed by atoms with Crippen LogP contribution in [0.2, 0.25) is 0 Å². The van der Waals surface area contributed by atoms with Gasteiger partial charge in [0.25, 0.3) is 11.8 Å². The first-order valence-electron chi connectivity index (χ1n) is 7.41. The van der Waals surface area contributed by atoms with E-state index in [1.165, 1.54) is 11.3 Å². The molecule has 0 saturated carbocycles. The van der Waals surface area contributed by atoms with Crippen molar-refractivity contribution in [2.45, 2.75) is 38.8 Å². The van der Waals surface area contributed by atoms with Crippen molar-refractivity contribution in [1.29, 1.82) is 0 Å². The molecule has 0 N–H and O–H groups in total. The van der Waals surface area contributed by atoms with Crippen molar-refractivity contribution in [3.05, 3.63) is 34.1 Å². The Hall–Kier alpha value is -2.22. The summed E-state index contributed by atoms with van der Waals surface area (Å²) < 4.78 is 10.4. The summed E-state index contributed by atoms with van der Waals surface area (Å²) in [6.07, 6.45) is 0.749. The highest BCUT2D eigenvalue weighted by atomic mass is 32.1. The molecule has 0 bridgehead atoms. The van der Waals surface area contributed by atoms with Crippen LogP contribution in [0.15, 0.2) is 22.0 Å². The van der Waals surface area contributed by atoms with Crippen molar-refractivity contribution in [3.63, 3.8) is 0 Å². The number of hydrogen-bond acceptors (Lipinski definition) is 7. The topological polar surface area (TPSA) is 85.5 Å². The Morgan fingerprint density at radius 3 is 3.00 bits per heavy atom. The Labute approximate surface area is 137 Å². The van der Waals surface area contributed by atoms with Gasteiger partial charge in [-0.05, 0) is 38.1 Å². The lowest BCUT2D eigenvalue weighted by Gasteiger charge is -2.23. The number of aromatic nitrogens is 2. The highest BCUT2D eigenvalue weighted by molar-refractivity contribution is 7.12. The zero-order valence-electron chi connectivity index (χ0n) is 12.9.